The lowest BCUT2D eigenvalue weighted by Crippen LogP contribution is -2.49. The smallest absolute Gasteiger partial charge is 0.0547 e. The predicted molar refractivity (Wildman–Crippen MR) is 74.8 cm³/mol. The van der Waals surface area contributed by atoms with Crippen LogP contribution in [0, 0.1) is 5.41 Å². The van der Waals surface area contributed by atoms with E-state index in [9.17, 15) is 0 Å². The van der Waals surface area contributed by atoms with Gasteiger partial charge in [0.05, 0.1) is 6.61 Å². The number of rotatable bonds is 4. The van der Waals surface area contributed by atoms with Gasteiger partial charge in [-0.15, -0.1) is 0 Å². The molecule has 0 aromatic heterocycles. The van der Waals surface area contributed by atoms with Crippen LogP contribution >= 0.6 is 11.8 Å². The quantitative estimate of drug-likeness (QED) is 0.825. The minimum absolute atomic E-state index is 0.357. The molecule has 17 heavy (non-hydrogen) atoms. The minimum Gasteiger partial charge on any atom is -0.381 e. The lowest BCUT2D eigenvalue weighted by Gasteiger charge is -2.40. The molecule has 1 N–H and O–H groups in total. The summed E-state index contributed by atoms with van der Waals surface area (Å²) in [5.74, 6) is 0. The fraction of sp³-hybridized carbons (Fsp3) is 1.00. The molecule has 0 radical (unpaired) electrons. The summed E-state index contributed by atoms with van der Waals surface area (Å²) < 4.78 is 5.64. The van der Waals surface area contributed by atoms with Crippen molar-refractivity contribution in [2.45, 2.75) is 30.8 Å². The molecule has 3 atom stereocenters. The van der Waals surface area contributed by atoms with Crippen LogP contribution in [-0.2, 0) is 4.74 Å². The topological polar surface area (TPSA) is 24.5 Å². The molecule has 3 unspecified atom stereocenters. The van der Waals surface area contributed by atoms with Crippen molar-refractivity contribution in [2.24, 2.45) is 5.41 Å². The van der Waals surface area contributed by atoms with Crippen LogP contribution in [0.2, 0.25) is 0 Å². The molecule has 2 fully saturated rings. The molecule has 0 aromatic rings. The number of hydrogen-bond donors (Lipinski definition) is 1. The van der Waals surface area contributed by atoms with Crippen molar-refractivity contribution in [2.75, 3.05) is 46.4 Å². The van der Waals surface area contributed by atoms with Gasteiger partial charge in [-0.25, -0.2) is 0 Å². The second-order valence-corrected chi connectivity index (χ2v) is 7.67. The van der Waals surface area contributed by atoms with E-state index in [0.717, 1.165) is 30.3 Å². The third-order valence-electron chi connectivity index (χ3n) is 3.79. The average molecular weight is 258 g/mol. The van der Waals surface area contributed by atoms with Crippen LogP contribution < -0.4 is 5.32 Å². The number of nitrogens with one attached hydrogen (secondary N) is 1. The van der Waals surface area contributed by atoms with E-state index < -0.39 is 0 Å². The Labute approximate surface area is 110 Å². The minimum atomic E-state index is 0.357. The van der Waals surface area contributed by atoms with E-state index in [2.05, 4.69) is 42.9 Å². The van der Waals surface area contributed by atoms with Gasteiger partial charge in [-0.3, -0.25) is 0 Å². The summed E-state index contributed by atoms with van der Waals surface area (Å²) in [7, 11) is 2.05. The highest BCUT2D eigenvalue weighted by atomic mass is 32.2. The van der Waals surface area contributed by atoms with Crippen molar-refractivity contribution in [3.8, 4) is 0 Å². The lowest BCUT2D eigenvalue weighted by molar-refractivity contribution is 0.109. The summed E-state index contributed by atoms with van der Waals surface area (Å²) in [4.78, 5) is 2.65. The van der Waals surface area contributed by atoms with Crippen molar-refractivity contribution >= 4 is 11.8 Å². The maximum Gasteiger partial charge on any atom is 0.0547 e. The van der Waals surface area contributed by atoms with E-state index >= 15 is 0 Å². The van der Waals surface area contributed by atoms with Crippen molar-refractivity contribution in [3.63, 3.8) is 0 Å². The van der Waals surface area contributed by atoms with Gasteiger partial charge in [0.2, 0.25) is 0 Å². The predicted octanol–water partition coefficient (Wildman–Crippen LogP) is 1.44. The van der Waals surface area contributed by atoms with Gasteiger partial charge < -0.3 is 15.0 Å². The van der Waals surface area contributed by atoms with Crippen LogP contribution in [0.5, 0.6) is 0 Å². The average Bonchev–Trinajstić information content (AvgIpc) is 2.65. The molecule has 0 saturated carbocycles. The van der Waals surface area contributed by atoms with Gasteiger partial charge >= 0.3 is 0 Å². The molecule has 0 bridgehead atoms. The van der Waals surface area contributed by atoms with Crippen LogP contribution in [0.3, 0.4) is 0 Å². The molecule has 100 valence electrons. The number of thioether (sulfide) groups is 1. The zero-order chi connectivity index (χ0) is 12.3. The first kappa shape index (κ1) is 13.7. The number of ether oxygens (including phenoxy) is 1. The standard InChI is InChI=1S/C13H26N2OS/c1-11-6-15(7-12(2)17-11)9-13(8-14-3)4-5-16-10-13/h11-12,14H,4-10H2,1-3H3. The van der Waals surface area contributed by atoms with Crippen LogP contribution in [0.25, 0.3) is 0 Å². The van der Waals surface area contributed by atoms with Crippen LogP contribution in [0.1, 0.15) is 20.3 Å². The second-order valence-electron chi connectivity index (χ2n) is 5.78. The SMILES string of the molecule is CNCC1(CN2CC(C)SC(C)C2)CCOC1. The normalized spacial score (nSPS) is 39.7. The molecule has 2 heterocycles. The Morgan fingerprint density at radius 2 is 2.06 bits per heavy atom. The molecule has 0 aromatic carbocycles. The molecule has 2 aliphatic heterocycles. The van der Waals surface area contributed by atoms with Gasteiger partial charge in [-0.2, -0.15) is 11.8 Å². The zero-order valence-corrected chi connectivity index (χ0v) is 12.2. The van der Waals surface area contributed by atoms with Crippen molar-refractivity contribution < 1.29 is 4.74 Å². The third kappa shape index (κ3) is 3.60. The van der Waals surface area contributed by atoms with Crippen LogP contribution in [-0.4, -0.2) is 61.8 Å². The molecular formula is C13H26N2OS. The second kappa shape index (κ2) is 5.91. The summed E-state index contributed by atoms with van der Waals surface area (Å²) in [5.41, 5.74) is 0.357. The van der Waals surface area contributed by atoms with Crippen molar-refractivity contribution in [1.29, 1.82) is 0 Å². The third-order valence-corrected chi connectivity index (χ3v) is 5.02. The van der Waals surface area contributed by atoms with Crippen molar-refractivity contribution in [1.82, 2.24) is 10.2 Å². The molecule has 0 aliphatic carbocycles. The van der Waals surface area contributed by atoms with Gasteiger partial charge in [0, 0.05) is 48.7 Å². The zero-order valence-electron chi connectivity index (χ0n) is 11.4. The first-order valence-electron chi connectivity index (χ1n) is 6.74. The van der Waals surface area contributed by atoms with Gasteiger partial charge in [0.1, 0.15) is 0 Å². The van der Waals surface area contributed by atoms with E-state index in [0.29, 0.717) is 5.41 Å². The largest absolute Gasteiger partial charge is 0.381 e. The fourth-order valence-corrected chi connectivity index (χ4v) is 4.62. The van der Waals surface area contributed by atoms with Gasteiger partial charge in [-0.05, 0) is 13.5 Å². The molecule has 0 spiro atoms. The molecule has 2 rings (SSSR count). The van der Waals surface area contributed by atoms with E-state index in [1.165, 1.54) is 26.1 Å². The first-order valence-corrected chi connectivity index (χ1v) is 7.68. The number of hydrogen-bond acceptors (Lipinski definition) is 4. The molecule has 4 heteroatoms. The molecule has 2 saturated heterocycles. The van der Waals surface area contributed by atoms with Gasteiger partial charge in [0.15, 0.2) is 0 Å². The first-order chi connectivity index (χ1) is 8.13. The Hall–Kier alpha value is 0.230. The highest BCUT2D eigenvalue weighted by Gasteiger charge is 2.37. The van der Waals surface area contributed by atoms with Gasteiger partial charge in [0.25, 0.3) is 0 Å². The summed E-state index contributed by atoms with van der Waals surface area (Å²) in [6.07, 6.45) is 1.21. The Morgan fingerprint density at radius 3 is 2.59 bits per heavy atom. The highest BCUT2D eigenvalue weighted by Crippen LogP contribution is 2.32. The van der Waals surface area contributed by atoms with E-state index in [4.69, 9.17) is 4.74 Å². The van der Waals surface area contributed by atoms with Crippen LogP contribution in [0.4, 0.5) is 0 Å². The Bertz CT molecular complexity index is 234. The Morgan fingerprint density at radius 1 is 1.35 bits per heavy atom. The summed E-state index contributed by atoms with van der Waals surface area (Å²) in [6, 6.07) is 0. The summed E-state index contributed by atoms with van der Waals surface area (Å²) in [5, 5.41) is 4.89. The van der Waals surface area contributed by atoms with E-state index in [1.54, 1.807) is 0 Å². The Kier molecular flexibility index (Phi) is 4.75. The summed E-state index contributed by atoms with van der Waals surface area (Å²) in [6.45, 7) is 11.3. The maximum absolute atomic E-state index is 5.64. The van der Waals surface area contributed by atoms with Crippen molar-refractivity contribution in [3.05, 3.63) is 0 Å². The molecule has 2 aliphatic rings. The van der Waals surface area contributed by atoms with E-state index in [-0.39, 0.29) is 0 Å². The lowest BCUT2D eigenvalue weighted by atomic mass is 9.86. The van der Waals surface area contributed by atoms with Crippen LogP contribution in [0.15, 0.2) is 0 Å². The Balaban J connectivity index is 1.93. The molecular weight excluding hydrogens is 232 g/mol. The monoisotopic (exact) mass is 258 g/mol. The van der Waals surface area contributed by atoms with E-state index in [1.807, 2.05) is 0 Å². The van der Waals surface area contributed by atoms with Gasteiger partial charge in [-0.1, -0.05) is 13.8 Å². The number of nitrogens with zero attached hydrogens (tertiary/aromatic N) is 1. The summed E-state index contributed by atoms with van der Waals surface area (Å²) >= 11 is 2.13. The molecule has 0 amide bonds. The molecule has 3 nitrogen and oxygen atoms in total. The highest BCUT2D eigenvalue weighted by molar-refractivity contribution is 8.00. The maximum atomic E-state index is 5.64. The fourth-order valence-electron chi connectivity index (χ4n) is 3.23.